The maximum absolute atomic E-state index is 13.3. The van der Waals surface area contributed by atoms with Gasteiger partial charge in [-0.05, 0) is 74.2 Å². The lowest BCUT2D eigenvalue weighted by Gasteiger charge is -2.32. The summed E-state index contributed by atoms with van der Waals surface area (Å²) in [5, 5.41) is 0.629. The Bertz CT molecular complexity index is 1440. The Hall–Kier alpha value is -2.74. The van der Waals surface area contributed by atoms with Crippen LogP contribution in [0.2, 0.25) is 5.02 Å². The maximum Gasteiger partial charge on any atom is 0.243 e. The molecule has 1 aliphatic rings. The summed E-state index contributed by atoms with van der Waals surface area (Å²) in [7, 11) is -3.53. The zero-order chi connectivity index (χ0) is 23.2. The first kappa shape index (κ1) is 22.1. The molecule has 0 bridgehead atoms. The molecule has 3 heterocycles. The third-order valence-corrected chi connectivity index (χ3v) is 8.69. The molecule has 2 aromatic carbocycles. The summed E-state index contributed by atoms with van der Waals surface area (Å²) in [4.78, 5) is 9.78. The van der Waals surface area contributed by atoms with Gasteiger partial charge in [-0.2, -0.15) is 4.31 Å². The zero-order valence-electron chi connectivity index (χ0n) is 18.6. The fraction of sp³-hybridized carbons (Fsp3) is 0.280. The van der Waals surface area contributed by atoms with Crippen LogP contribution >= 0.6 is 11.6 Å². The second kappa shape index (κ2) is 8.56. The van der Waals surface area contributed by atoms with Crippen LogP contribution in [-0.2, 0) is 10.0 Å². The van der Waals surface area contributed by atoms with E-state index in [1.165, 1.54) is 0 Å². The third kappa shape index (κ3) is 3.94. The van der Waals surface area contributed by atoms with Crippen molar-refractivity contribution in [1.82, 2.24) is 18.8 Å². The van der Waals surface area contributed by atoms with E-state index in [0.29, 0.717) is 35.8 Å². The van der Waals surface area contributed by atoms with Crippen LogP contribution in [0.3, 0.4) is 0 Å². The minimum absolute atomic E-state index is 0.0716. The van der Waals surface area contributed by atoms with Crippen LogP contribution in [0, 0.1) is 13.8 Å². The predicted octanol–water partition coefficient (Wildman–Crippen LogP) is 5.39. The van der Waals surface area contributed by atoms with Gasteiger partial charge in [-0.1, -0.05) is 29.8 Å². The van der Waals surface area contributed by atoms with Gasteiger partial charge < -0.3 is 4.57 Å². The van der Waals surface area contributed by atoms with Gasteiger partial charge in [0.05, 0.1) is 9.92 Å². The minimum atomic E-state index is -3.53. The van der Waals surface area contributed by atoms with Crippen molar-refractivity contribution in [2.75, 3.05) is 13.1 Å². The first-order valence-electron chi connectivity index (χ1n) is 11.0. The summed E-state index contributed by atoms with van der Waals surface area (Å²) in [5.41, 5.74) is 4.51. The minimum Gasteiger partial charge on any atom is -0.305 e. The highest BCUT2D eigenvalue weighted by Gasteiger charge is 2.32. The summed E-state index contributed by atoms with van der Waals surface area (Å²) in [5.74, 6) is 0.768. The molecule has 0 amide bonds. The molecule has 0 N–H and O–H groups in total. The Morgan fingerprint density at radius 2 is 1.73 bits per heavy atom. The van der Waals surface area contributed by atoms with E-state index >= 15 is 0 Å². The van der Waals surface area contributed by atoms with Crippen LogP contribution in [0.1, 0.15) is 30.0 Å². The fourth-order valence-corrected chi connectivity index (χ4v) is 6.25. The Labute approximate surface area is 198 Å². The monoisotopic (exact) mass is 480 g/mol. The number of aryl methyl sites for hydroxylation is 2. The molecule has 0 aliphatic carbocycles. The van der Waals surface area contributed by atoms with E-state index in [1.807, 2.05) is 56.3 Å². The van der Waals surface area contributed by atoms with E-state index in [0.717, 1.165) is 33.7 Å². The largest absolute Gasteiger partial charge is 0.305 e. The Kier molecular flexibility index (Phi) is 5.72. The van der Waals surface area contributed by atoms with Crippen LogP contribution < -0.4 is 0 Å². The first-order valence-corrected chi connectivity index (χ1v) is 12.8. The summed E-state index contributed by atoms with van der Waals surface area (Å²) >= 11 is 6.51. The average Bonchev–Trinajstić information content (AvgIpc) is 3.20. The summed E-state index contributed by atoms with van der Waals surface area (Å²) < 4.78 is 30.3. The molecule has 0 unspecified atom stereocenters. The van der Waals surface area contributed by atoms with E-state index in [4.69, 9.17) is 16.6 Å². The normalized spacial score (nSPS) is 15.8. The Morgan fingerprint density at radius 3 is 2.45 bits per heavy atom. The number of nitrogens with zero attached hydrogens (tertiary/aromatic N) is 4. The van der Waals surface area contributed by atoms with E-state index < -0.39 is 10.0 Å². The van der Waals surface area contributed by atoms with Crippen molar-refractivity contribution in [3.8, 4) is 11.4 Å². The summed E-state index contributed by atoms with van der Waals surface area (Å²) in [6.45, 7) is 4.80. The highest BCUT2D eigenvalue weighted by molar-refractivity contribution is 7.89. The lowest BCUT2D eigenvalue weighted by Crippen LogP contribution is -2.39. The number of halogens is 1. The first-order chi connectivity index (χ1) is 15.9. The number of rotatable bonds is 4. The van der Waals surface area contributed by atoms with Gasteiger partial charge in [-0.15, -0.1) is 0 Å². The van der Waals surface area contributed by atoms with Crippen LogP contribution in [-0.4, -0.2) is 40.3 Å². The standard InChI is InChI=1S/C25H25ClN4O2S/c1-17-9-10-20(16-18(17)2)33(31,32)29-14-11-19(12-15-29)30-24(21-6-3-4-7-22(21)26)28-23-8-5-13-27-25(23)30/h3-10,13,16,19H,11-12,14-15H2,1-2H3. The highest BCUT2D eigenvalue weighted by Crippen LogP contribution is 2.36. The molecular weight excluding hydrogens is 456 g/mol. The van der Waals surface area contributed by atoms with Crippen LogP contribution in [0.5, 0.6) is 0 Å². The molecule has 4 aromatic rings. The maximum atomic E-state index is 13.3. The van der Waals surface area contributed by atoms with Crippen molar-refractivity contribution in [2.24, 2.45) is 0 Å². The zero-order valence-corrected chi connectivity index (χ0v) is 20.1. The van der Waals surface area contributed by atoms with Gasteiger partial charge in [0, 0.05) is 30.9 Å². The molecule has 33 heavy (non-hydrogen) atoms. The van der Waals surface area contributed by atoms with Gasteiger partial charge >= 0.3 is 0 Å². The van der Waals surface area contributed by atoms with Crippen LogP contribution in [0.15, 0.2) is 65.7 Å². The Morgan fingerprint density at radius 1 is 0.970 bits per heavy atom. The van der Waals surface area contributed by atoms with E-state index in [9.17, 15) is 8.42 Å². The lowest BCUT2D eigenvalue weighted by atomic mass is 10.1. The molecule has 0 radical (unpaired) electrons. The molecule has 0 saturated carbocycles. The van der Waals surface area contributed by atoms with E-state index in [-0.39, 0.29) is 6.04 Å². The molecule has 8 heteroatoms. The topological polar surface area (TPSA) is 68.1 Å². The van der Waals surface area contributed by atoms with E-state index in [2.05, 4.69) is 9.55 Å². The number of hydrogen-bond acceptors (Lipinski definition) is 4. The number of sulfonamides is 1. The van der Waals surface area contributed by atoms with Crippen LogP contribution in [0.4, 0.5) is 0 Å². The molecule has 0 atom stereocenters. The number of benzene rings is 2. The summed E-state index contributed by atoms with van der Waals surface area (Å²) in [6.07, 6.45) is 3.10. The number of fused-ring (bicyclic) bond motifs is 1. The molecule has 1 aliphatic heterocycles. The number of pyridine rings is 1. The number of imidazole rings is 1. The Balaban J connectivity index is 1.47. The van der Waals surface area contributed by atoms with Gasteiger partial charge in [-0.25, -0.2) is 18.4 Å². The quantitative estimate of drug-likeness (QED) is 0.392. The third-order valence-electron chi connectivity index (χ3n) is 6.47. The van der Waals surface area contributed by atoms with Crippen molar-refractivity contribution in [3.63, 3.8) is 0 Å². The predicted molar refractivity (Wildman–Crippen MR) is 131 cm³/mol. The molecule has 2 aromatic heterocycles. The van der Waals surface area contributed by atoms with Crippen molar-refractivity contribution < 1.29 is 8.42 Å². The van der Waals surface area contributed by atoms with E-state index in [1.54, 1.807) is 22.6 Å². The molecule has 170 valence electrons. The number of hydrogen-bond donors (Lipinski definition) is 0. The summed E-state index contributed by atoms with van der Waals surface area (Å²) in [6, 6.07) is 16.9. The van der Waals surface area contributed by atoms with Crippen molar-refractivity contribution in [3.05, 3.63) is 76.9 Å². The molecule has 6 nitrogen and oxygen atoms in total. The molecule has 5 rings (SSSR count). The van der Waals surface area contributed by atoms with Gasteiger partial charge in [-0.3, -0.25) is 0 Å². The number of aromatic nitrogens is 3. The highest BCUT2D eigenvalue weighted by atomic mass is 35.5. The number of piperidine rings is 1. The van der Waals surface area contributed by atoms with Gasteiger partial charge in [0.25, 0.3) is 0 Å². The second-order valence-electron chi connectivity index (χ2n) is 8.51. The van der Waals surface area contributed by atoms with Crippen LogP contribution in [0.25, 0.3) is 22.6 Å². The smallest absolute Gasteiger partial charge is 0.243 e. The fourth-order valence-electron chi connectivity index (χ4n) is 4.47. The van der Waals surface area contributed by atoms with Crippen molar-refractivity contribution in [2.45, 2.75) is 37.6 Å². The van der Waals surface area contributed by atoms with Gasteiger partial charge in [0.2, 0.25) is 10.0 Å². The molecule has 0 spiro atoms. The molecule has 1 saturated heterocycles. The lowest BCUT2D eigenvalue weighted by molar-refractivity contribution is 0.278. The SMILES string of the molecule is Cc1ccc(S(=O)(=O)N2CCC(n3c(-c4ccccc4Cl)nc4cccnc43)CC2)cc1C. The molecular formula is C25H25ClN4O2S. The second-order valence-corrected chi connectivity index (χ2v) is 10.9. The van der Waals surface area contributed by atoms with Crippen molar-refractivity contribution in [1.29, 1.82) is 0 Å². The van der Waals surface area contributed by atoms with Gasteiger partial charge in [0.1, 0.15) is 11.3 Å². The van der Waals surface area contributed by atoms with Crippen molar-refractivity contribution >= 4 is 32.8 Å². The average molecular weight is 481 g/mol. The molecule has 1 fully saturated rings. The van der Waals surface area contributed by atoms with Gasteiger partial charge in [0.15, 0.2) is 5.65 Å².